The summed E-state index contributed by atoms with van der Waals surface area (Å²) in [5.41, 5.74) is 0.731. The molecule has 0 aliphatic rings. The summed E-state index contributed by atoms with van der Waals surface area (Å²) in [6.07, 6.45) is 0. The van der Waals surface area contributed by atoms with Gasteiger partial charge in [-0.25, -0.2) is 0 Å². The van der Waals surface area contributed by atoms with Crippen LogP contribution in [0.25, 0.3) is 0 Å². The molecule has 0 saturated heterocycles. The minimum Gasteiger partial charge on any atom is -0.496 e. The number of carbonyl (C=O) groups excluding carboxylic acids is 1. The Morgan fingerprint density at radius 2 is 1.52 bits per heavy atom. The van der Waals surface area contributed by atoms with E-state index < -0.39 is 0 Å². The second-order valence-electron chi connectivity index (χ2n) is 4.25. The average molecular weight is 287 g/mol. The zero-order chi connectivity index (χ0) is 15.1. The predicted molar refractivity (Wildman–Crippen MR) is 80.1 cm³/mol. The van der Waals surface area contributed by atoms with Crippen molar-refractivity contribution >= 4 is 11.6 Å². The molecule has 0 heterocycles. The fraction of sp³-hybridized carbons (Fsp3) is 0.188. The Hall–Kier alpha value is -2.69. The Balaban J connectivity index is 1.94. The molecule has 5 heteroatoms. The minimum absolute atomic E-state index is 0.0920. The van der Waals surface area contributed by atoms with E-state index in [0.717, 1.165) is 5.69 Å². The summed E-state index contributed by atoms with van der Waals surface area (Å²) < 4.78 is 15.7. The van der Waals surface area contributed by atoms with Crippen LogP contribution in [0.5, 0.6) is 17.2 Å². The number of hydrogen-bond donors (Lipinski definition) is 1. The molecule has 21 heavy (non-hydrogen) atoms. The molecule has 2 aromatic rings. The number of hydrogen-bond acceptors (Lipinski definition) is 4. The Morgan fingerprint density at radius 3 is 2.10 bits per heavy atom. The maximum atomic E-state index is 11.8. The van der Waals surface area contributed by atoms with E-state index in [1.54, 1.807) is 32.4 Å². The first-order valence-electron chi connectivity index (χ1n) is 6.42. The van der Waals surface area contributed by atoms with Gasteiger partial charge in [0.05, 0.1) is 14.2 Å². The van der Waals surface area contributed by atoms with Crippen LogP contribution in [0.15, 0.2) is 48.5 Å². The van der Waals surface area contributed by atoms with Crippen LogP contribution in [0, 0.1) is 0 Å². The van der Waals surface area contributed by atoms with E-state index in [0.29, 0.717) is 17.2 Å². The van der Waals surface area contributed by atoms with Gasteiger partial charge in [0.1, 0.15) is 17.2 Å². The Labute approximate surface area is 123 Å². The quantitative estimate of drug-likeness (QED) is 0.887. The van der Waals surface area contributed by atoms with E-state index >= 15 is 0 Å². The summed E-state index contributed by atoms with van der Waals surface area (Å²) in [5, 5.41) is 2.74. The van der Waals surface area contributed by atoms with Crippen LogP contribution in [-0.4, -0.2) is 26.7 Å². The topological polar surface area (TPSA) is 56.8 Å². The lowest BCUT2D eigenvalue weighted by Gasteiger charge is -2.10. The third-order valence-electron chi connectivity index (χ3n) is 2.75. The van der Waals surface area contributed by atoms with Crippen molar-refractivity contribution in [3.05, 3.63) is 48.5 Å². The molecule has 0 atom stereocenters. The molecular weight excluding hydrogens is 270 g/mol. The van der Waals surface area contributed by atoms with Crippen LogP contribution in [-0.2, 0) is 4.79 Å². The normalized spacial score (nSPS) is 9.81. The number of rotatable bonds is 6. The summed E-state index contributed by atoms with van der Waals surface area (Å²) in [6.45, 7) is -0.0920. The van der Waals surface area contributed by atoms with Crippen molar-refractivity contribution in [3.63, 3.8) is 0 Å². The Kier molecular flexibility index (Phi) is 5.04. The number of amides is 1. The number of carbonyl (C=O) groups is 1. The number of anilines is 1. The van der Waals surface area contributed by atoms with Gasteiger partial charge in [0.15, 0.2) is 6.61 Å². The highest BCUT2D eigenvalue weighted by molar-refractivity contribution is 5.91. The van der Waals surface area contributed by atoms with Gasteiger partial charge in [-0.05, 0) is 12.1 Å². The SMILES string of the molecule is COc1cc(OC)cc(OCC(=O)Nc2ccccc2)c1. The second kappa shape index (κ2) is 7.19. The van der Waals surface area contributed by atoms with Gasteiger partial charge in [0.25, 0.3) is 5.91 Å². The summed E-state index contributed by atoms with van der Waals surface area (Å²) in [5.74, 6) is 1.48. The molecule has 2 aromatic carbocycles. The van der Waals surface area contributed by atoms with Crippen LogP contribution in [0.4, 0.5) is 5.69 Å². The van der Waals surface area contributed by atoms with Crippen molar-refractivity contribution in [2.24, 2.45) is 0 Å². The van der Waals surface area contributed by atoms with Crippen molar-refractivity contribution < 1.29 is 19.0 Å². The van der Waals surface area contributed by atoms with Gasteiger partial charge in [0, 0.05) is 23.9 Å². The third-order valence-corrected chi connectivity index (χ3v) is 2.75. The maximum Gasteiger partial charge on any atom is 0.262 e. The van der Waals surface area contributed by atoms with Crippen LogP contribution >= 0.6 is 0 Å². The molecule has 2 rings (SSSR count). The van der Waals surface area contributed by atoms with E-state index in [9.17, 15) is 4.79 Å². The number of benzene rings is 2. The molecule has 0 aromatic heterocycles. The lowest BCUT2D eigenvalue weighted by Crippen LogP contribution is -2.20. The summed E-state index contributed by atoms with van der Waals surface area (Å²) in [6, 6.07) is 14.3. The molecule has 1 amide bonds. The monoisotopic (exact) mass is 287 g/mol. The molecular formula is C16H17NO4. The van der Waals surface area contributed by atoms with E-state index in [2.05, 4.69) is 5.32 Å². The number of nitrogens with one attached hydrogen (secondary N) is 1. The van der Waals surface area contributed by atoms with Crippen molar-refractivity contribution in [2.45, 2.75) is 0 Å². The molecule has 0 radical (unpaired) electrons. The fourth-order valence-corrected chi connectivity index (χ4v) is 1.73. The smallest absolute Gasteiger partial charge is 0.262 e. The molecule has 110 valence electrons. The first-order valence-corrected chi connectivity index (χ1v) is 6.42. The van der Waals surface area contributed by atoms with Crippen LogP contribution in [0.2, 0.25) is 0 Å². The Morgan fingerprint density at radius 1 is 0.952 bits per heavy atom. The van der Waals surface area contributed by atoms with Gasteiger partial charge in [0.2, 0.25) is 0 Å². The maximum absolute atomic E-state index is 11.8. The van der Waals surface area contributed by atoms with Crippen molar-refractivity contribution in [2.75, 3.05) is 26.1 Å². The van der Waals surface area contributed by atoms with Crippen LogP contribution in [0.3, 0.4) is 0 Å². The van der Waals surface area contributed by atoms with E-state index in [1.165, 1.54) is 0 Å². The molecule has 0 saturated carbocycles. The largest absolute Gasteiger partial charge is 0.496 e. The average Bonchev–Trinajstić information content (AvgIpc) is 2.53. The molecule has 0 spiro atoms. The third kappa shape index (κ3) is 4.42. The highest BCUT2D eigenvalue weighted by Gasteiger charge is 2.06. The van der Waals surface area contributed by atoms with Gasteiger partial charge < -0.3 is 19.5 Å². The molecule has 0 aliphatic carbocycles. The lowest BCUT2D eigenvalue weighted by molar-refractivity contribution is -0.118. The highest BCUT2D eigenvalue weighted by Crippen LogP contribution is 2.27. The lowest BCUT2D eigenvalue weighted by atomic mass is 10.3. The zero-order valence-corrected chi connectivity index (χ0v) is 12.0. The zero-order valence-electron chi connectivity index (χ0n) is 12.0. The molecule has 5 nitrogen and oxygen atoms in total. The highest BCUT2D eigenvalue weighted by atomic mass is 16.5. The summed E-state index contributed by atoms with van der Waals surface area (Å²) >= 11 is 0. The number of methoxy groups -OCH3 is 2. The molecule has 0 fully saturated rings. The first kappa shape index (κ1) is 14.7. The van der Waals surface area contributed by atoms with Crippen molar-refractivity contribution in [1.82, 2.24) is 0 Å². The molecule has 1 N–H and O–H groups in total. The van der Waals surface area contributed by atoms with E-state index in [1.807, 2.05) is 30.3 Å². The molecule has 0 bridgehead atoms. The van der Waals surface area contributed by atoms with E-state index in [4.69, 9.17) is 14.2 Å². The van der Waals surface area contributed by atoms with Crippen molar-refractivity contribution in [3.8, 4) is 17.2 Å². The van der Waals surface area contributed by atoms with Crippen LogP contribution in [0.1, 0.15) is 0 Å². The first-order chi connectivity index (χ1) is 10.2. The minimum atomic E-state index is -0.233. The van der Waals surface area contributed by atoms with Gasteiger partial charge in [-0.15, -0.1) is 0 Å². The fourth-order valence-electron chi connectivity index (χ4n) is 1.73. The van der Waals surface area contributed by atoms with Gasteiger partial charge >= 0.3 is 0 Å². The van der Waals surface area contributed by atoms with Gasteiger partial charge in [-0.2, -0.15) is 0 Å². The molecule has 0 unspecified atom stereocenters. The standard InChI is InChI=1S/C16H17NO4/c1-19-13-8-14(20-2)10-15(9-13)21-11-16(18)17-12-6-4-3-5-7-12/h3-10H,11H2,1-2H3,(H,17,18). The number of ether oxygens (including phenoxy) is 3. The Bertz CT molecular complexity index is 576. The number of para-hydroxylation sites is 1. The predicted octanol–water partition coefficient (Wildman–Crippen LogP) is 2.72. The van der Waals surface area contributed by atoms with Gasteiger partial charge in [-0.3, -0.25) is 4.79 Å². The van der Waals surface area contributed by atoms with E-state index in [-0.39, 0.29) is 12.5 Å². The van der Waals surface area contributed by atoms with Gasteiger partial charge in [-0.1, -0.05) is 18.2 Å². The second-order valence-corrected chi connectivity index (χ2v) is 4.25. The van der Waals surface area contributed by atoms with Crippen LogP contribution < -0.4 is 19.5 Å². The summed E-state index contributed by atoms with van der Waals surface area (Å²) in [4.78, 5) is 11.8. The van der Waals surface area contributed by atoms with Crippen molar-refractivity contribution in [1.29, 1.82) is 0 Å². The summed E-state index contributed by atoms with van der Waals surface area (Å²) in [7, 11) is 3.11. The molecule has 0 aliphatic heterocycles.